The maximum Gasteiger partial charge on any atom is 0.296 e. The Morgan fingerprint density at radius 1 is 1.09 bits per heavy atom. The molecule has 0 aliphatic heterocycles. The number of hydrogen-bond acceptors (Lipinski definition) is 5. The van der Waals surface area contributed by atoms with Crippen LogP contribution in [0.1, 0.15) is 17.2 Å². The molecule has 0 spiro atoms. The van der Waals surface area contributed by atoms with Crippen molar-refractivity contribution in [2.24, 2.45) is 0 Å². The van der Waals surface area contributed by atoms with Gasteiger partial charge in [-0.05, 0) is 48.5 Å². The minimum atomic E-state index is -0.890. The fourth-order valence-electron chi connectivity index (χ4n) is 3.12. The van der Waals surface area contributed by atoms with Gasteiger partial charge in [-0.2, -0.15) is 0 Å². The first-order valence-corrected chi connectivity index (χ1v) is 10.6. The van der Waals surface area contributed by atoms with Gasteiger partial charge in [-0.25, -0.2) is 0 Å². The van der Waals surface area contributed by atoms with Gasteiger partial charge in [0.1, 0.15) is 17.5 Å². The van der Waals surface area contributed by atoms with Crippen molar-refractivity contribution in [3.05, 3.63) is 93.0 Å². The monoisotopic (exact) mass is 484 g/mol. The van der Waals surface area contributed by atoms with E-state index in [-0.39, 0.29) is 16.5 Å². The number of benzene rings is 3. The van der Waals surface area contributed by atoms with Crippen molar-refractivity contribution in [1.29, 1.82) is 0 Å². The van der Waals surface area contributed by atoms with Gasteiger partial charge >= 0.3 is 0 Å². The zero-order valence-electron chi connectivity index (χ0n) is 17.8. The quantitative estimate of drug-likeness (QED) is 0.239. The molecular formula is C23H21ClN4O4S. The van der Waals surface area contributed by atoms with Crippen molar-refractivity contribution in [2.75, 3.05) is 17.7 Å². The summed E-state index contributed by atoms with van der Waals surface area (Å²) in [5.74, 6) is -0.0615. The molecule has 1 atom stereocenters. The first-order chi connectivity index (χ1) is 15.8. The van der Waals surface area contributed by atoms with E-state index in [1.165, 1.54) is 19.2 Å². The molecule has 3 aromatic carbocycles. The number of carbonyl (C=O) groups excluding carboxylic acids is 1. The number of thiocarbonyl (C=S) groups is 1. The number of nitrogens with zero attached hydrogens (tertiary/aromatic N) is 1. The number of nitro benzene ring substituents is 1. The van der Waals surface area contributed by atoms with Gasteiger partial charge in [0.2, 0.25) is 0 Å². The van der Waals surface area contributed by atoms with Gasteiger partial charge in [0.25, 0.3) is 11.6 Å². The Kier molecular flexibility index (Phi) is 7.81. The number of rotatable bonds is 7. The maximum absolute atomic E-state index is 13.2. The van der Waals surface area contributed by atoms with Crippen LogP contribution in [0.15, 0.2) is 66.7 Å². The second-order valence-electron chi connectivity index (χ2n) is 7.00. The lowest BCUT2D eigenvalue weighted by atomic mass is 10.1. The molecule has 1 unspecified atom stereocenters. The third kappa shape index (κ3) is 5.97. The van der Waals surface area contributed by atoms with Gasteiger partial charge in [0.15, 0.2) is 5.11 Å². The van der Waals surface area contributed by atoms with Gasteiger partial charge in [-0.3, -0.25) is 14.9 Å². The average molecular weight is 485 g/mol. The van der Waals surface area contributed by atoms with E-state index in [1.54, 1.807) is 42.5 Å². The number of carbonyl (C=O) groups is 1. The van der Waals surface area contributed by atoms with E-state index in [0.717, 1.165) is 5.56 Å². The maximum atomic E-state index is 13.2. The van der Waals surface area contributed by atoms with Crippen LogP contribution >= 0.6 is 23.8 Å². The van der Waals surface area contributed by atoms with Gasteiger partial charge in [-0.15, -0.1) is 0 Å². The van der Waals surface area contributed by atoms with Crippen LogP contribution in [-0.2, 0) is 4.79 Å². The summed E-state index contributed by atoms with van der Waals surface area (Å²) in [4.78, 5) is 24.1. The Bertz CT molecular complexity index is 1170. The van der Waals surface area contributed by atoms with Crippen LogP contribution in [0.25, 0.3) is 0 Å². The molecule has 0 bridgehead atoms. The predicted molar refractivity (Wildman–Crippen MR) is 133 cm³/mol. The minimum Gasteiger partial charge on any atom is -0.496 e. The molecular weight excluding hydrogens is 464 g/mol. The molecule has 1 amide bonds. The first kappa shape index (κ1) is 24.0. The summed E-state index contributed by atoms with van der Waals surface area (Å²) in [5, 5.41) is 20.5. The van der Waals surface area contributed by atoms with E-state index in [1.807, 2.05) is 19.1 Å². The molecule has 3 N–H and O–H groups in total. The number of aryl methyl sites for hydroxylation is 1. The van der Waals surface area contributed by atoms with Crippen molar-refractivity contribution < 1.29 is 14.5 Å². The SMILES string of the molecule is COc1ccc(NC(=S)NC(C(=O)Nc2c(C)cccc2Cl)c2ccccc2)c([N+](=O)[O-])c1. The number of para-hydroxylation sites is 1. The highest BCUT2D eigenvalue weighted by Gasteiger charge is 2.24. The van der Waals surface area contributed by atoms with Crippen LogP contribution in [-0.4, -0.2) is 23.1 Å². The highest BCUT2D eigenvalue weighted by atomic mass is 35.5. The second kappa shape index (κ2) is 10.8. The Hall–Kier alpha value is -3.69. The van der Waals surface area contributed by atoms with Crippen molar-refractivity contribution in [1.82, 2.24) is 5.32 Å². The van der Waals surface area contributed by atoms with E-state index in [9.17, 15) is 14.9 Å². The smallest absolute Gasteiger partial charge is 0.296 e. The van der Waals surface area contributed by atoms with Crippen molar-refractivity contribution >= 4 is 51.9 Å². The molecule has 0 aromatic heterocycles. The number of anilines is 2. The molecule has 0 aliphatic carbocycles. The first-order valence-electron chi connectivity index (χ1n) is 9.81. The summed E-state index contributed by atoms with van der Waals surface area (Å²) in [6.45, 7) is 1.83. The van der Waals surface area contributed by atoms with Crippen LogP contribution < -0.4 is 20.7 Å². The molecule has 3 aromatic rings. The summed E-state index contributed by atoms with van der Waals surface area (Å²) in [6.07, 6.45) is 0. The van der Waals surface area contributed by atoms with E-state index >= 15 is 0 Å². The zero-order valence-corrected chi connectivity index (χ0v) is 19.4. The number of halogens is 1. The molecule has 10 heteroatoms. The summed E-state index contributed by atoms with van der Waals surface area (Å²) in [5.41, 5.74) is 1.89. The molecule has 33 heavy (non-hydrogen) atoms. The molecule has 0 aliphatic rings. The van der Waals surface area contributed by atoms with Crippen LogP contribution in [0.2, 0.25) is 5.02 Å². The van der Waals surface area contributed by atoms with E-state index in [4.69, 9.17) is 28.6 Å². The highest BCUT2D eigenvalue weighted by molar-refractivity contribution is 7.80. The lowest BCUT2D eigenvalue weighted by Crippen LogP contribution is -2.39. The largest absolute Gasteiger partial charge is 0.496 e. The Balaban J connectivity index is 1.85. The third-order valence-electron chi connectivity index (χ3n) is 4.79. The number of amides is 1. The molecule has 0 heterocycles. The molecule has 0 saturated carbocycles. The van der Waals surface area contributed by atoms with Gasteiger partial charge in [0.05, 0.1) is 28.8 Å². The lowest BCUT2D eigenvalue weighted by Gasteiger charge is -2.22. The molecule has 0 radical (unpaired) electrons. The van der Waals surface area contributed by atoms with Crippen LogP contribution in [0.5, 0.6) is 5.75 Å². The second-order valence-corrected chi connectivity index (χ2v) is 7.82. The normalized spacial score (nSPS) is 11.2. The van der Waals surface area contributed by atoms with E-state index in [2.05, 4.69) is 16.0 Å². The molecule has 0 fully saturated rings. The molecule has 170 valence electrons. The predicted octanol–water partition coefficient (Wildman–Crippen LogP) is 5.23. The zero-order chi connectivity index (χ0) is 24.0. The Morgan fingerprint density at radius 2 is 1.82 bits per heavy atom. The number of methoxy groups -OCH3 is 1. The number of ether oxygens (including phenoxy) is 1. The number of nitrogens with one attached hydrogen (secondary N) is 3. The van der Waals surface area contributed by atoms with Crippen LogP contribution in [0.4, 0.5) is 17.1 Å². The fraction of sp³-hybridized carbons (Fsp3) is 0.130. The standard InChI is InChI=1S/C23H21ClN4O4S/c1-14-7-6-10-17(24)20(14)26-22(29)21(15-8-4-3-5-9-15)27-23(33)25-18-12-11-16(32-2)13-19(18)28(30)31/h3-13,21H,1-2H3,(H,26,29)(H2,25,27,33). The fourth-order valence-corrected chi connectivity index (χ4v) is 3.61. The lowest BCUT2D eigenvalue weighted by molar-refractivity contribution is -0.384. The summed E-state index contributed by atoms with van der Waals surface area (Å²) in [7, 11) is 1.42. The summed E-state index contributed by atoms with van der Waals surface area (Å²) in [6, 6.07) is 17.7. The van der Waals surface area contributed by atoms with E-state index < -0.39 is 16.9 Å². The topological polar surface area (TPSA) is 106 Å². The third-order valence-corrected chi connectivity index (χ3v) is 5.33. The molecule has 0 saturated heterocycles. The van der Waals surface area contributed by atoms with Gasteiger partial charge in [0, 0.05) is 0 Å². The van der Waals surface area contributed by atoms with Crippen molar-refractivity contribution in [2.45, 2.75) is 13.0 Å². The van der Waals surface area contributed by atoms with Gasteiger partial charge < -0.3 is 20.7 Å². The van der Waals surface area contributed by atoms with Crippen LogP contribution in [0.3, 0.4) is 0 Å². The van der Waals surface area contributed by atoms with E-state index in [0.29, 0.717) is 22.0 Å². The average Bonchev–Trinajstić information content (AvgIpc) is 2.80. The summed E-state index contributed by atoms with van der Waals surface area (Å²) >= 11 is 11.6. The Morgan fingerprint density at radius 3 is 2.45 bits per heavy atom. The Labute approximate surface area is 201 Å². The minimum absolute atomic E-state index is 0.0307. The molecule has 3 rings (SSSR count). The van der Waals surface area contributed by atoms with Crippen molar-refractivity contribution in [3.8, 4) is 5.75 Å². The van der Waals surface area contributed by atoms with Crippen molar-refractivity contribution in [3.63, 3.8) is 0 Å². The summed E-state index contributed by atoms with van der Waals surface area (Å²) < 4.78 is 5.05. The number of nitro groups is 1. The van der Waals surface area contributed by atoms with Gasteiger partial charge in [-0.1, -0.05) is 54.1 Å². The van der Waals surface area contributed by atoms with Crippen LogP contribution in [0, 0.1) is 17.0 Å². The molecule has 8 nitrogen and oxygen atoms in total. The highest BCUT2D eigenvalue weighted by Crippen LogP contribution is 2.30. The number of hydrogen-bond donors (Lipinski definition) is 3.